The van der Waals surface area contributed by atoms with Crippen LogP contribution < -0.4 is 0 Å². The lowest BCUT2D eigenvalue weighted by atomic mass is 10.2. The minimum atomic E-state index is -2.62. The summed E-state index contributed by atoms with van der Waals surface area (Å²) < 4.78 is 23.6. The third kappa shape index (κ3) is 2.87. The molecule has 0 bridgehead atoms. The Kier molecular flexibility index (Phi) is 3.62. The molecule has 0 radical (unpaired) electrons. The number of aliphatic hydroxyl groups is 1. The predicted octanol–water partition coefficient (Wildman–Crippen LogP) is 2.31. The molecule has 12 heavy (non-hydrogen) atoms. The van der Waals surface area contributed by atoms with E-state index in [4.69, 9.17) is 5.11 Å². The first kappa shape index (κ1) is 9.61. The molecule has 4 heteroatoms. The van der Waals surface area contributed by atoms with Gasteiger partial charge in [-0.15, -0.1) is 11.3 Å². The summed E-state index contributed by atoms with van der Waals surface area (Å²) in [6, 6.07) is 3.75. The molecule has 1 aromatic heterocycles. The second-order valence-electron chi connectivity index (χ2n) is 2.52. The van der Waals surface area contributed by atoms with Gasteiger partial charge in [-0.25, -0.2) is 8.78 Å². The molecular weight excluding hydrogens is 182 g/mol. The second-order valence-corrected chi connectivity index (χ2v) is 3.55. The molecule has 0 aliphatic carbocycles. The normalized spacial score (nSPS) is 13.7. The van der Waals surface area contributed by atoms with Crippen molar-refractivity contribution >= 4 is 11.3 Å². The van der Waals surface area contributed by atoms with Gasteiger partial charge in [0.25, 0.3) is 6.43 Å². The van der Waals surface area contributed by atoms with Crippen LogP contribution in [0.15, 0.2) is 17.5 Å². The lowest BCUT2D eigenvalue weighted by Gasteiger charge is -2.07. The molecular formula is C8H10F2OS. The number of aliphatic hydroxyl groups excluding tert-OH is 1. The zero-order valence-electron chi connectivity index (χ0n) is 6.41. The average Bonchev–Trinajstić information content (AvgIpc) is 2.51. The van der Waals surface area contributed by atoms with Gasteiger partial charge in [0, 0.05) is 4.88 Å². The van der Waals surface area contributed by atoms with Crippen molar-refractivity contribution in [2.24, 2.45) is 0 Å². The fraction of sp³-hybridized carbons (Fsp3) is 0.500. The molecule has 68 valence electrons. The number of alkyl halides is 2. The summed E-state index contributed by atoms with van der Waals surface area (Å²) >= 11 is 1.52. The van der Waals surface area contributed by atoms with Gasteiger partial charge in [0.1, 0.15) is 6.10 Å². The summed E-state index contributed by atoms with van der Waals surface area (Å²) in [6.45, 7) is 0. The third-order valence-corrected chi connectivity index (χ3v) is 2.49. The summed E-state index contributed by atoms with van der Waals surface area (Å²) in [5.74, 6) is 0. The Bertz CT molecular complexity index is 211. The Morgan fingerprint density at radius 2 is 2.25 bits per heavy atom. The van der Waals surface area contributed by atoms with Crippen molar-refractivity contribution in [3.63, 3.8) is 0 Å². The van der Waals surface area contributed by atoms with E-state index in [9.17, 15) is 8.78 Å². The van der Waals surface area contributed by atoms with Gasteiger partial charge in [0.2, 0.25) is 0 Å². The van der Waals surface area contributed by atoms with E-state index in [1.54, 1.807) is 0 Å². The van der Waals surface area contributed by atoms with Crippen molar-refractivity contribution in [2.75, 3.05) is 0 Å². The van der Waals surface area contributed by atoms with E-state index in [0.29, 0.717) is 6.42 Å². The first-order valence-electron chi connectivity index (χ1n) is 3.68. The maximum absolute atomic E-state index is 11.8. The lowest BCUT2D eigenvalue weighted by Crippen LogP contribution is -2.17. The van der Waals surface area contributed by atoms with Gasteiger partial charge in [-0.2, -0.15) is 0 Å². The number of hydrogen-bond acceptors (Lipinski definition) is 2. The van der Waals surface area contributed by atoms with E-state index in [1.807, 2.05) is 17.5 Å². The monoisotopic (exact) mass is 192 g/mol. The van der Waals surface area contributed by atoms with Crippen LogP contribution in [-0.2, 0) is 6.42 Å². The van der Waals surface area contributed by atoms with Crippen LogP contribution in [0.1, 0.15) is 11.3 Å². The Hall–Kier alpha value is -0.480. The van der Waals surface area contributed by atoms with E-state index in [2.05, 4.69) is 0 Å². The summed E-state index contributed by atoms with van der Waals surface area (Å²) in [7, 11) is 0. The van der Waals surface area contributed by atoms with Crippen molar-refractivity contribution in [1.29, 1.82) is 0 Å². The molecule has 0 saturated heterocycles. The maximum Gasteiger partial charge on any atom is 0.264 e. The van der Waals surface area contributed by atoms with Crippen molar-refractivity contribution in [3.05, 3.63) is 22.4 Å². The van der Waals surface area contributed by atoms with Crippen LogP contribution in [0.4, 0.5) is 8.78 Å². The summed E-state index contributed by atoms with van der Waals surface area (Å²) in [5.41, 5.74) is 0. The quantitative estimate of drug-likeness (QED) is 0.776. The molecule has 0 fully saturated rings. The Labute approximate surface area is 73.7 Å². The fourth-order valence-electron chi connectivity index (χ4n) is 0.871. The number of hydrogen-bond donors (Lipinski definition) is 1. The molecule has 0 saturated carbocycles. The van der Waals surface area contributed by atoms with Gasteiger partial charge in [-0.3, -0.25) is 0 Å². The van der Waals surface area contributed by atoms with Crippen molar-refractivity contribution < 1.29 is 13.9 Å². The van der Waals surface area contributed by atoms with Crippen LogP contribution in [0, 0.1) is 0 Å². The number of aryl methyl sites for hydroxylation is 1. The molecule has 1 rings (SSSR count). The standard InChI is InChI=1S/C8H10F2OS/c9-8(10)7(11)4-3-6-2-1-5-12-6/h1-2,5,7-8,11H,3-4H2. The highest BCUT2D eigenvalue weighted by Gasteiger charge is 2.16. The van der Waals surface area contributed by atoms with Crippen LogP contribution in [0.25, 0.3) is 0 Å². The molecule has 1 N–H and O–H groups in total. The number of halogens is 2. The minimum Gasteiger partial charge on any atom is -0.387 e. The van der Waals surface area contributed by atoms with Gasteiger partial charge in [0.15, 0.2) is 0 Å². The molecule has 1 atom stereocenters. The van der Waals surface area contributed by atoms with Crippen LogP contribution >= 0.6 is 11.3 Å². The van der Waals surface area contributed by atoms with Gasteiger partial charge in [0.05, 0.1) is 0 Å². The zero-order valence-corrected chi connectivity index (χ0v) is 7.23. The number of thiophene rings is 1. The third-order valence-electron chi connectivity index (χ3n) is 1.56. The Morgan fingerprint density at radius 3 is 2.75 bits per heavy atom. The van der Waals surface area contributed by atoms with Gasteiger partial charge in [-0.05, 0) is 24.3 Å². The predicted molar refractivity (Wildman–Crippen MR) is 44.7 cm³/mol. The highest BCUT2D eigenvalue weighted by Crippen LogP contribution is 2.14. The van der Waals surface area contributed by atoms with E-state index < -0.39 is 12.5 Å². The molecule has 0 aromatic carbocycles. The zero-order chi connectivity index (χ0) is 8.97. The van der Waals surface area contributed by atoms with E-state index >= 15 is 0 Å². The van der Waals surface area contributed by atoms with Gasteiger partial charge < -0.3 is 5.11 Å². The first-order valence-corrected chi connectivity index (χ1v) is 4.56. The van der Waals surface area contributed by atoms with Gasteiger partial charge >= 0.3 is 0 Å². The van der Waals surface area contributed by atoms with Crippen molar-refractivity contribution in [2.45, 2.75) is 25.4 Å². The van der Waals surface area contributed by atoms with Crippen LogP contribution in [0.5, 0.6) is 0 Å². The summed E-state index contributed by atoms with van der Waals surface area (Å²) in [4.78, 5) is 1.04. The highest BCUT2D eigenvalue weighted by atomic mass is 32.1. The highest BCUT2D eigenvalue weighted by molar-refractivity contribution is 7.09. The smallest absolute Gasteiger partial charge is 0.264 e. The van der Waals surface area contributed by atoms with E-state index in [-0.39, 0.29) is 6.42 Å². The second kappa shape index (κ2) is 4.52. The summed E-state index contributed by atoms with van der Waals surface area (Å²) in [5, 5.41) is 10.7. The molecule has 1 aromatic rings. The molecule has 0 spiro atoms. The van der Waals surface area contributed by atoms with E-state index in [1.165, 1.54) is 11.3 Å². The van der Waals surface area contributed by atoms with Gasteiger partial charge in [-0.1, -0.05) is 6.07 Å². The Balaban J connectivity index is 2.27. The molecule has 1 unspecified atom stereocenters. The first-order chi connectivity index (χ1) is 5.70. The molecule has 1 heterocycles. The molecule has 0 aliphatic rings. The largest absolute Gasteiger partial charge is 0.387 e. The average molecular weight is 192 g/mol. The maximum atomic E-state index is 11.8. The van der Waals surface area contributed by atoms with Crippen LogP contribution in [0.3, 0.4) is 0 Å². The SMILES string of the molecule is OC(CCc1cccs1)C(F)F. The number of rotatable bonds is 4. The van der Waals surface area contributed by atoms with Crippen molar-refractivity contribution in [1.82, 2.24) is 0 Å². The topological polar surface area (TPSA) is 20.2 Å². The Morgan fingerprint density at radius 1 is 1.50 bits per heavy atom. The minimum absolute atomic E-state index is 0.137. The molecule has 0 amide bonds. The summed E-state index contributed by atoms with van der Waals surface area (Å²) in [6.07, 6.45) is -3.43. The molecule has 1 nitrogen and oxygen atoms in total. The van der Waals surface area contributed by atoms with Crippen molar-refractivity contribution in [3.8, 4) is 0 Å². The molecule has 0 aliphatic heterocycles. The van der Waals surface area contributed by atoms with Crippen LogP contribution in [-0.4, -0.2) is 17.6 Å². The van der Waals surface area contributed by atoms with E-state index in [0.717, 1.165) is 4.88 Å². The lowest BCUT2D eigenvalue weighted by molar-refractivity contribution is -0.00839. The van der Waals surface area contributed by atoms with Crippen LogP contribution in [0.2, 0.25) is 0 Å². The fourth-order valence-corrected chi connectivity index (χ4v) is 1.60.